The van der Waals surface area contributed by atoms with Crippen LogP contribution in [0.2, 0.25) is 0 Å². The summed E-state index contributed by atoms with van der Waals surface area (Å²) in [6, 6.07) is 9.77. The van der Waals surface area contributed by atoms with E-state index in [2.05, 4.69) is 20.9 Å². The summed E-state index contributed by atoms with van der Waals surface area (Å²) >= 11 is 0. The van der Waals surface area contributed by atoms with Gasteiger partial charge in [0.15, 0.2) is 0 Å². The Bertz CT molecular complexity index is 579. The molecule has 0 unspecified atom stereocenters. The number of nitrogens with one attached hydrogen (secondary N) is 2. The van der Waals surface area contributed by atoms with E-state index < -0.39 is 0 Å². The molecule has 1 amide bonds. The lowest BCUT2D eigenvalue weighted by molar-refractivity contribution is -0.120. The van der Waals surface area contributed by atoms with Crippen LogP contribution >= 0.6 is 0 Å². The van der Waals surface area contributed by atoms with E-state index in [1.807, 2.05) is 44.2 Å². The average molecular weight is 287 g/mol. The summed E-state index contributed by atoms with van der Waals surface area (Å²) in [6.45, 7) is 6.26. The van der Waals surface area contributed by atoms with E-state index in [1.165, 1.54) is 0 Å². The summed E-state index contributed by atoms with van der Waals surface area (Å²) in [5.41, 5.74) is 2.55. The molecule has 0 radical (unpaired) electrons. The van der Waals surface area contributed by atoms with Gasteiger partial charge in [-0.2, -0.15) is 0 Å². The molecule has 2 N–H and O–H groups in total. The van der Waals surface area contributed by atoms with Crippen LogP contribution in [-0.4, -0.2) is 40.5 Å². The van der Waals surface area contributed by atoms with Crippen molar-refractivity contribution in [2.24, 2.45) is 0 Å². The van der Waals surface area contributed by atoms with Gasteiger partial charge in [0.1, 0.15) is 0 Å². The quantitative estimate of drug-likeness (QED) is 0.740. The molecule has 0 aliphatic heterocycles. The second-order valence-corrected chi connectivity index (χ2v) is 4.75. The Morgan fingerprint density at radius 2 is 2.00 bits per heavy atom. The zero-order valence-electron chi connectivity index (χ0n) is 12.5. The third kappa shape index (κ3) is 4.13. The van der Waals surface area contributed by atoms with Crippen LogP contribution in [0.15, 0.2) is 30.3 Å². The Morgan fingerprint density at radius 3 is 2.71 bits per heavy atom. The fraction of sp³-hybridized carbons (Fsp3) is 0.400. The van der Waals surface area contributed by atoms with Gasteiger partial charge in [0.05, 0.1) is 23.5 Å². The van der Waals surface area contributed by atoms with Crippen LogP contribution in [0.1, 0.15) is 18.3 Å². The van der Waals surface area contributed by atoms with E-state index >= 15 is 0 Å². The van der Waals surface area contributed by atoms with Crippen molar-refractivity contribution in [3.05, 3.63) is 41.7 Å². The highest BCUT2D eigenvalue weighted by Crippen LogP contribution is 2.11. The summed E-state index contributed by atoms with van der Waals surface area (Å²) < 4.78 is 1.75. The van der Waals surface area contributed by atoms with Gasteiger partial charge in [0.25, 0.3) is 0 Å². The van der Waals surface area contributed by atoms with Crippen molar-refractivity contribution in [2.45, 2.75) is 20.3 Å². The number of likely N-dealkylation sites (N-methyl/N-ethyl adjacent to an activating group) is 1. The molecule has 2 rings (SSSR count). The van der Waals surface area contributed by atoms with Gasteiger partial charge in [0, 0.05) is 13.1 Å². The molecular weight excluding hydrogens is 266 g/mol. The minimum atomic E-state index is -0.0314. The summed E-state index contributed by atoms with van der Waals surface area (Å²) in [5, 5.41) is 14.3. The fourth-order valence-electron chi connectivity index (χ4n) is 2.02. The highest BCUT2D eigenvalue weighted by Gasteiger charge is 2.13. The number of benzene rings is 1. The van der Waals surface area contributed by atoms with Gasteiger partial charge in [-0.25, -0.2) is 4.68 Å². The molecule has 6 heteroatoms. The number of amides is 1. The van der Waals surface area contributed by atoms with E-state index in [-0.39, 0.29) is 12.3 Å². The predicted octanol–water partition coefficient (Wildman–Crippen LogP) is 0.844. The molecule has 1 aromatic carbocycles. The van der Waals surface area contributed by atoms with Crippen LogP contribution in [0.5, 0.6) is 0 Å². The fourth-order valence-corrected chi connectivity index (χ4v) is 2.02. The lowest BCUT2D eigenvalue weighted by Crippen LogP contribution is -2.32. The van der Waals surface area contributed by atoms with Gasteiger partial charge in [-0.15, -0.1) is 5.10 Å². The maximum absolute atomic E-state index is 11.9. The van der Waals surface area contributed by atoms with Crippen LogP contribution < -0.4 is 10.6 Å². The van der Waals surface area contributed by atoms with Gasteiger partial charge >= 0.3 is 0 Å². The van der Waals surface area contributed by atoms with Crippen molar-refractivity contribution < 1.29 is 4.79 Å². The topological polar surface area (TPSA) is 71.8 Å². The SMILES string of the molecule is CCNCCNC(=O)Cc1nnn(-c2ccccc2)c1C. The summed E-state index contributed by atoms with van der Waals surface area (Å²) in [6.07, 6.45) is 0.255. The van der Waals surface area contributed by atoms with Gasteiger partial charge in [0.2, 0.25) is 5.91 Å². The van der Waals surface area contributed by atoms with Crippen molar-refractivity contribution in [2.75, 3.05) is 19.6 Å². The molecule has 0 bridgehead atoms. The van der Waals surface area contributed by atoms with Crippen LogP contribution in [0.4, 0.5) is 0 Å². The lowest BCUT2D eigenvalue weighted by atomic mass is 10.2. The first kappa shape index (κ1) is 15.2. The molecule has 2 aromatic rings. The number of aromatic nitrogens is 3. The van der Waals surface area contributed by atoms with Crippen LogP contribution in [0.3, 0.4) is 0 Å². The Labute approximate surface area is 124 Å². The van der Waals surface area contributed by atoms with E-state index in [9.17, 15) is 4.79 Å². The Kier molecular flexibility index (Phi) is 5.45. The number of nitrogens with zero attached hydrogens (tertiary/aromatic N) is 3. The third-order valence-corrected chi connectivity index (χ3v) is 3.19. The molecule has 21 heavy (non-hydrogen) atoms. The van der Waals surface area contributed by atoms with Gasteiger partial charge in [-0.1, -0.05) is 30.3 Å². The molecule has 0 saturated heterocycles. The molecule has 0 aliphatic carbocycles. The number of carbonyl (C=O) groups is 1. The average Bonchev–Trinajstić information content (AvgIpc) is 2.86. The summed E-state index contributed by atoms with van der Waals surface area (Å²) in [4.78, 5) is 11.9. The van der Waals surface area contributed by atoms with E-state index in [0.29, 0.717) is 12.2 Å². The molecule has 0 spiro atoms. The molecule has 0 aliphatic rings. The van der Waals surface area contributed by atoms with Crippen LogP contribution in [0, 0.1) is 6.92 Å². The monoisotopic (exact) mass is 287 g/mol. The third-order valence-electron chi connectivity index (χ3n) is 3.19. The molecular formula is C15H21N5O. The highest BCUT2D eigenvalue weighted by atomic mass is 16.1. The van der Waals surface area contributed by atoms with Crippen molar-refractivity contribution in [3.63, 3.8) is 0 Å². The highest BCUT2D eigenvalue weighted by molar-refractivity contribution is 5.78. The molecule has 112 valence electrons. The lowest BCUT2D eigenvalue weighted by Gasteiger charge is -2.05. The van der Waals surface area contributed by atoms with E-state index in [1.54, 1.807) is 4.68 Å². The van der Waals surface area contributed by atoms with Crippen LogP contribution in [0.25, 0.3) is 5.69 Å². The predicted molar refractivity (Wildman–Crippen MR) is 81.4 cm³/mol. The zero-order valence-corrected chi connectivity index (χ0v) is 12.5. The normalized spacial score (nSPS) is 10.6. The van der Waals surface area contributed by atoms with Crippen molar-refractivity contribution in [3.8, 4) is 5.69 Å². The number of para-hydroxylation sites is 1. The first-order valence-corrected chi connectivity index (χ1v) is 7.16. The Balaban J connectivity index is 1.96. The maximum Gasteiger partial charge on any atom is 0.226 e. The minimum Gasteiger partial charge on any atom is -0.354 e. The molecule has 0 atom stereocenters. The Morgan fingerprint density at radius 1 is 1.24 bits per heavy atom. The largest absolute Gasteiger partial charge is 0.354 e. The number of hydrogen-bond acceptors (Lipinski definition) is 4. The summed E-state index contributed by atoms with van der Waals surface area (Å²) in [7, 11) is 0. The number of hydrogen-bond donors (Lipinski definition) is 2. The molecule has 1 aromatic heterocycles. The Hall–Kier alpha value is -2.21. The number of carbonyl (C=O) groups excluding carboxylic acids is 1. The standard InChI is InChI=1S/C15H21N5O/c1-3-16-9-10-17-15(21)11-14-12(2)20(19-18-14)13-7-5-4-6-8-13/h4-8,16H,3,9-11H2,1-2H3,(H,17,21). The first-order valence-electron chi connectivity index (χ1n) is 7.16. The van der Waals surface area contributed by atoms with Gasteiger partial charge < -0.3 is 10.6 Å². The smallest absolute Gasteiger partial charge is 0.226 e. The maximum atomic E-state index is 11.9. The first-order chi connectivity index (χ1) is 10.2. The van der Waals surface area contributed by atoms with Crippen molar-refractivity contribution in [1.82, 2.24) is 25.6 Å². The molecule has 0 fully saturated rings. The van der Waals surface area contributed by atoms with E-state index in [4.69, 9.17) is 0 Å². The summed E-state index contributed by atoms with van der Waals surface area (Å²) in [5.74, 6) is -0.0314. The van der Waals surface area contributed by atoms with Gasteiger partial charge in [-0.3, -0.25) is 4.79 Å². The second-order valence-electron chi connectivity index (χ2n) is 4.75. The number of rotatable bonds is 7. The van der Waals surface area contributed by atoms with Crippen LogP contribution in [-0.2, 0) is 11.2 Å². The molecule has 0 saturated carbocycles. The zero-order chi connectivity index (χ0) is 15.1. The molecule has 6 nitrogen and oxygen atoms in total. The van der Waals surface area contributed by atoms with Gasteiger partial charge in [-0.05, 0) is 25.6 Å². The van der Waals surface area contributed by atoms with Crippen molar-refractivity contribution in [1.29, 1.82) is 0 Å². The minimum absolute atomic E-state index is 0.0314. The second kappa shape index (κ2) is 7.54. The van der Waals surface area contributed by atoms with Crippen molar-refractivity contribution >= 4 is 5.91 Å². The van der Waals surface area contributed by atoms with E-state index in [0.717, 1.165) is 24.5 Å². The molecule has 1 heterocycles.